The lowest BCUT2D eigenvalue weighted by Gasteiger charge is -2.24. The number of hydrogen-bond donors (Lipinski definition) is 5. The lowest BCUT2D eigenvalue weighted by atomic mass is 10.1. The molecule has 5 N–H and O–H groups in total. The Morgan fingerprint density at radius 1 is 1.04 bits per heavy atom. The normalized spacial score (nSPS) is 15.4. The van der Waals surface area contributed by atoms with Crippen LogP contribution in [0.2, 0.25) is 0 Å². The minimum atomic E-state index is -2.91. The van der Waals surface area contributed by atoms with Crippen LogP contribution in [0.25, 0.3) is 22.0 Å². The van der Waals surface area contributed by atoms with E-state index in [0.29, 0.717) is 43.9 Å². The van der Waals surface area contributed by atoms with Crippen molar-refractivity contribution in [3.8, 4) is 11.1 Å². The van der Waals surface area contributed by atoms with E-state index in [4.69, 9.17) is 5.41 Å². The van der Waals surface area contributed by atoms with E-state index in [0.717, 1.165) is 39.0 Å². The number of hydrogen-bond acceptors (Lipinski definition) is 9. The molecule has 1 fully saturated rings. The maximum absolute atomic E-state index is 13.6. The molecule has 5 aromatic rings. The van der Waals surface area contributed by atoms with E-state index in [-0.39, 0.29) is 23.4 Å². The van der Waals surface area contributed by atoms with Crippen molar-refractivity contribution >= 4 is 44.1 Å². The van der Waals surface area contributed by atoms with Crippen LogP contribution in [0, 0.1) is 11.2 Å². The molecule has 0 amide bonds. The second-order valence-corrected chi connectivity index (χ2v) is 13.9. The predicted molar refractivity (Wildman–Crippen MR) is 180 cm³/mol. The Kier molecular flexibility index (Phi) is 9.38. The number of fused-ring (bicyclic) bond motifs is 1. The number of nitrogens with zero attached hydrogens (tertiary/aromatic N) is 3. The van der Waals surface area contributed by atoms with Gasteiger partial charge in [-0.15, -0.1) is 0 Å². The van der Waals surface area contributed by atoms with Crippen molar-refractivity contribution in [2.75, 3.05) is 28.7 Å². The highest BCUT2D eigenvalue weighted by atomic mass is 32.2. The molecule has 0 aliphatic carbocycles. The average molecular weight is 642 g/mol. The van der Waals surface area contributed by atoms with Crippen LogP contribution in [0.3, 0.4) is 0 Å². The summed E-state index contributed by atoms with van der Waals surface area (Å²) in [4.78, 5) is 8.94. The standard InChI is InChI=1S/C34H36FN7O3S/c35-27-3-1-2-23(14-27)18-38-32-7-5-29(15-26(32)17-36)41-34-31-16-24(4-6-33(31)39-22-40-34)25-8-11-42(20-25)21-30(43)19-37-28-9-12-46(44,45)13-10-28/h1-8,11,14-17,20,22,28,30,36-38,43H,9-10,12-13,18-19,21H2,(H,39,40,41). The second kappa shape index (κ2) is 13.8. The molecule has 1 unspecified atom stereocenters. The molecule has 1 saturated heterocycles. The molecular weight excluding hydrogens is 605 g/mol. The number of halogens is 1. The molecule has 0 spiro atoms. The smallest absolute Gasteiger partial charge is 0.150 e. The summed E-state index contributed by atoms with van der Waals surface area (Å²) in [7, 11) is -2.91. The second-order valence-electron chi connectivity index (χ2n) is 11.6. The molecule has 6 rings (SSSR count). The molecule has 238 valence electrons. The van der Waals surface area contributed by atoms with E-state index in [9.17, 15) is 17.9 Å². The van der Waals surface area contributed by atoms with Crippen molar-refractivity contribution in [1.29, 1.82) is 5.41 Å². The summed E-state index contributed by atoms with van der Waals surface area (Å²) in [6, 6.07) is 20.1. The minimum Gasteiger partial charge on any atom is -0.390 e. The Hall–Kier alpha value is -4.65. The van der Waals surface area contributed by atoms with Crippen LogP contribution < -0.4 is 16.0 Å². The number of benzene rings is 3. The van der Waals surface area contributed by atoms with Crippen LogP contribution in [-0.2, 0) is 22.9 Å². The van der Waals surface area contributed by atoms with Gasteiger partial charge in [0, 0.05) is 66.6 Å². The molecule has 10 nitrogen and oxygen atoms in total. The van der Waals surface area contributed by atoms with Gasteiger partial charge >= 0.3 is 0 Å². The minimum absolute atomic E-state index is 0.110. The number of sulfone groups is 1. The van der Waals surface area contributed by atoms with Gasteiger partial charge in [-0.25, -0.2) is 22.8 Å². The number of anilines is 3. The van der Waals surface area contributed by atoms with Gasteiger partial charge < -0.3 is 31.0 Å². The summed E-state index contributed by atoms with van der Waals surface area (Å²) in [5.41, 5.74) is 5.72. The number of aromatic nitrogens is 3. The summed E-state index contributed by atoms with van der Waals surface area (Å²) in [5.74, 6) is 0.733. The lowest BCUT2D eigenvalue weighted by Crippen LogP contribution is -2.41. The van der Waals surface area contributed by atoms with Crippen LogP contribution in [-0.4, -0.2) is 64.5 Å². The summed E-state index contributed by atoms with van der Waals surface area (Å²) in [6.45, 7) is 1.23. The third kappa shape index (κ3) is 7.76. The Bertz CT molecular complexity index is 1950. The molecule has 3 aromatic carbocycles. The molecular formula is C34H36FN7O3S. The Balaban J connectivity index is 1.12. The van der Waals surface area contributed by atoms with Gasteiger partial charge in [-0.3, -0.25) is 0 Å². The zero-order valence-electron chi connectivity index (χ0n) is 25.2. The molecule has 1 atom stereocenters. The average Bonchev–Trinajstić information content (AvgIpc) is 3.52. The Morgan fingerprint density at radius 3 is 2.70 bits per heavy atom. The largest absolute Gasteiger partial charge is 0.390 e. The number of nitrogens with one attached hydrogen (secondary N) is 4. The molecule has 1 aliphatic heterocycles. The summed E-state index contributed by atoms with van der Waals surface area (Å²) < 4.78 is 38.8. The van der Waals surface area contributed by atoms with Crippen LogP contribution in [0.1, 0.15) is 24.0 Å². The molecule has 1 aliphatic rings. The van der Waals surface area contributed by atoms with E-state index >= 15 is 0 Å². The quantitative estimate of drug-likeness (QED) is 0.118. The number of rotatable bonds is 12. The highest BCUT2D eigenvalue weighted by Gasteiger charge is 2.23. The monoisotopic (exact) mass is 641 g/mol. The van der Waals surface area contributed by atoms with E-state index in [1.807, 2.05) is 65.5 Å². The molecule has 46 heavy (non-hydrogen) atoms. The third-order valence-electron chi connectivity index (χ3n) is 8.18. The molecule has 0 radical (unpaired) electrons. The van der Waals surface area contributed by atoms with Gasteiger partial charge in [-0.2, -0.15) is 0 Å². The van der Waals surface area contributed by atoms with Gasteiger partial charge in [0.15, 0.2) is 0 Å². The summed E-state index contributed by atoms with van der Waals surface area (Å²) in [5, 5.41) is 29.4. The first-order valence-electron chi connectivity index (χ1n) is 15.2. The molecule has 0 saturated carbocycles. The highest BCUT2D eigenvalue weighted by Crippen LogP contribution is 2.30. The Labute approximate surface area is 267 Å². The molecule has 12 heteroatoms. The van der Waals surface area contributed by atoms with E-state index in [1.165, 1.54) is 24.7 Å². The van der Waals surface area contributed by atoms with Gasteiger partial charge in [0.2, 0.25) is 0 Å². The third-order valence-corrected chi connectivity index (χ3v) is 9.89. The van der Waals surface area contributed by atoms with Crippen LogP contribution in [0.5, 0.6) is 0 Å². The van der Waals surface area contributed by atoms with Crippen molar-refractivity contribution in [3.63, 3.8) is 0 Å². The molecule has 3 heterocycles. The first-order chi connectivity index (χ1) is 22.2. The molecule has 0 bridgehead atoms. The van der Waals surface area contributed by atoms with Crippen LogP contribution in [0.4, 0.5) is 21.6 Å². The van der Waals surface area contributed by atoms with Crippen LogP contribution in [0.15, 0.2) is 85.5 Å². The van der Waals surface area contributed by atoms with E-state index in [2.05, 4.69) is 25.9 Å². The van der Waals surface area contributed by atoms with E-state index in [1.54, 1.807) is 6.07 Å². The van der Waals surface area contributed by atoms with E-state index < -0.39 is 15.9 Å². The summed E-state index contributed by atoms with van der Waals surface area (Å²) in [6.07, 6.45) is 7.24. The van der Waals surface area contributed by atoms with Gasteiger partial charge in [0.25, 0.3) is 0 Å². The fourth-order valence-corrected chi connectivity index (χ4v) is 7.16. The zero-order valence-corrected chi connectivity index (χ0v) is 26.0. The van der Waals surface area contributed by atoms with Crippen LogP contribution >= 0.6 is 0 Å². The van der Waals surface area contributed by atoms with Gasteiger partial charge in [0.05, 0.1) is 23.1 Å². The fourth-order valence-electron chi connectivity index (χ4n) is 5.67. The van der Waals surface area contributed by atoms with Crippen molar-refractivity contribution in [2.24, 2.45) is 0 Å². The van der Waals surface area contributed by atoms with Gasteiger partial charge in [0.1, 0.15) is 27.8 Å². The maximum Gasteiger partial charge on any atom is 0.150 e. The van der Waals surface area contributed by atoms with Crippen molar-refractivity contribution < 1.29 is 17.9 Å². The topological polar surface area (TPSA) is 145 Å². The lowest BCUT2D eigenvalue weighted by molar-refractivity contribution is 0.146. The molecule has 2 aromatic heterocycles. The highest BCUT2D eigenvalue weighted by molar-refractivity contribution is 7.91. The Morgan fingerprint density at radius 2 is 1.89 bits per heavy atom. The van der Waals surface area contributed by atoms with Crippen molar-refractivity contribution in [2.45, 2.75) is 38.1 Å². The number of aliphatic hydroxyl groups excluding tert-OH is 1. The SMILES string of the molecule is N=Cc1cc(Nc2ncnc3ccc(-c4ccn(CC(O)CNC5CCS(=O)(=O)CC5)c4)cc23)ccc1NCc1cccc(F)c1. The predicted octanol–water partition coefficient (Wildman–Crippen LogP) is 5.12. The first-order valence-corrected chi connectivity index (χ1v) is 17.0. The van der Waals surface area contributed by atoms with Crippen molar-refractivity contribution in [1.82, 2.24) is 19.9 Å². The zero-order chi connectivity index (χ0) is 32.1. The van der Waals surface area contributed by atoms with Gasteiger partial charge in [-0.05, 0) is 78.1 Å². The number of aliphatic hydroxyl groups is 1. The maximum atomic E-state index is 13.6. The summed E-state index contributed by atoms with van der Waals surface area (Å²) >= 11 is 0. The first kappa shape index (κ1) is 31.3. The van der Waals surface area contributed by atoms with Gasteiger partial charge in [-0.1, -0.05) is 18.2 Å². The van der Waals surface area contributed by atoms with Crippen molar-refractivity contribution in [3.05, 3.63) is 102 Å². The fraction of sp³-hybridized carbons (Fsp3) is 0.265.